The molecule has 21 heavy (non-hydrogen) atoms. The van der Waals surface area contributed by atoms with Gasteiger partial charge in [-0.25, -0.2) is 8.42 Å². The number of sulfonamides is 1. The molecule has 0 aliphatic carbocycles. The lowest BCUT2D eigenvalue weighted by molar-refractivity contribution is 0.601. The van der Waals surface area contributed by atoms with Crippen molar-refractivity contribution >= 4 is 42.5 Å². The molecule has 0 spiro atoms. The lowest BCUT2D eigenvalue weighted by atomic mass is 10.2. The first-order valence-electron chi connectivity index (χ1n) is 6.18. The molecule has 0 saturated carbocycles. The number of anilines is 1. The van der Waals surface area contributed by atoms with Crippen molar-refractivity contribution in [1.29, 1.82) is 0 Å². The van der Waals surface area contributed by atoms with Crippen LogP contribution in [-0.2, 0) is 10.0 Å². The minimum atomic E-state index is -3.62. The second kappa shape index (κ2) is 5.46. The highest BCUT2D eigenvalue weighted by Gasteiger charge is 2.14. The molecule has 4 nitrogen and oxygen atoms in total. The topological polar surface area (TPSA) is 59.1 Å². The fraction of sp³-hybridized carbons (Fsp3) is 0. The van der Waals surface area contributed by atoms with E-state index in [1.165, 1.54) is 6.20 Å². The molecule has 6 heteroatoms. The Morgan fingerprint density at radius 1 is 1.00 bits per heavy atom. The first kappa shape index (κ1) is 14.0. The van der Waals surface area contributed by atoms with E-state index in [4.69, 9.17) is 0 Å². The quantitative estimate of drug-likeness (QED) is 0.770. The van der Waals surface area contributed by atoms with Crippen molar-refractivity contribution in [1.82, 2.24) is 4.98 Å². The van der Waals surface area contributed by atoms with E-state index in [2.05, 4.69) is 25.6 Å². The zero-order valence-electron chi connectivity index (χ0n) is 10.8. The molecular weight excluding hydrogens is 352 g/mol. The summed E-state index contributed by atoms with van der Waals surface area (Å²) in [6.45, 7) is 0. The van der Waals surface area contributed by atoms with Crippen LogP contribution in [0.4, 0.5) is 5.69 Å². The fourth-order valence-corrected chi connectivity index (χ4v) is 3.61. The van der Waals surface area contributed by atoms with Crippen LogP contribution in [0.3, 0.4) is 0 Å². The van der Waals surface area contributed by atoms with E-state index in [1.807, 2.05) is 24.3 Å². The molecular formula is C15H11BrN2O2S. The van der Waals surface area contributed by atoms with E-state index in [0.29, 0.717) is 10.2 Å². The zero-order valence-corrected chi connectivity index (χ0v) is 13.2. The first-order chi connectivity index (χ1) is 10.0. The summed E-state index contributed by atoms with van der Waals surface area (Å²) < 4.78 is 27.9. The fourth-order valence-electron chi connectivity index (χ4n) is 1.98. The van der Waals surface area contributed by atoms with Gasteiger partial charge in [-0.15, -0.1) is 0 Å². The lowest BCUT2D eigenvalue weighted by Gasteiger charge is -2.08. The van der Waals surface area contributed by atoms with Crippen molar-refractivity contribution in [2.45, 2.75) is 4.90 Å². The van der Waals surface area contributed by atoms with Gasteiger partial charge in [-0.1, -0.05) is 40.2 Å². The minimum absolute atomic E-state index is 0.199. The van der Waals surface area contributed by atoms with Crippen LogP contribution in [0, 0.1) is 0 Å². The van der Waals surface area contributed by atoms with E-state index >= 15 is 0 Å². The standard InChI is InChI=1S/C15H11BrN2O2S/c16-12-5-3-6-14(9-12)21(19,20)18-13-8-11-4-1-2-7-15(11)17-10-13/h1-10,18H. The number of rotatable bonds is 3. The summed E-state index contributed by atoms with van der Waals surface area (Å²) in [5, 5.41) is 0.881. The van der Waals surface area contributed by atoms with Gasteiger partial charge in [0.2, 0.25) is 0 Å². The Morgan fingerprint density at radius 3 is 2.62 bits per heavy atom. The Morgan fingerprint density at radius 2 is 1.81 bits per heavy atom. The molecule has 2 aromatic carbocycles. The van der Waals surface area contributed by atoms with Gasteiger partial charge in [0.25, 0.3) is 10.0 Å². The molecule has 1 aromatic heterocycles. The van der Waals surface area contributed by atoms with Crippen LogP contribution in [0.2, 0.25) is 0 Å². The molecule has 0 unspecified atom stereocenters. The van der Waals surface area contributed by atoms with Gasteiger partial charge in [0.15, 0.2) is 0 Å². The van der Waals surface area contributed by atoms with Crippen molar-refractivity contribution in [2.75, 3.05) is 4.72 Å². The summed E-state index contributed by atoms with van der Waals surface area (Å²) in [7, 11) is -3.62. The molecule has 3 aromatic rings. The Hall–Kier alpha value is -1.92. The van der Waals surface area contributed by atoms with E-state index < -0.39 is 10.0 Å². The smallest absolute Gasteiger partial charge is 0.261 e. The van der Waals surface area contributed by atoms with Gasteiger partial charge in [-0.2, -0.15) is 0 Å². The summed E-state index contributed by atoms with van der Waals surface area (Å²) >= 11 is 3.27. The number of hydrogen-bond donors (Lipinski definition) is 1. The third-order valence-electron chi connectivity index (χ3n) is 2.95. The molecule has 0 fully saturated rings. The predicted molar refractivity (Wildman–Crippen MR) is 86.7 cm³/mol. The molecule has 0 aliphatic heterocycles. The van der Waals surface area contributed by atoms with Crippen LogP contribution in [-0.4, -0.2) is 13.4 Å². The summed E-state index contributed by atoms with van der Waals surface area (Å²) in [5.41, 5.74) is 1.26. The second-order valence-electron chi connectivity index (χ2n) is 4.48. The predicted octanol–water partition coefficient (Wildman–Crippen LogP) is 3.80. The third kappa shape index (κ3) is 3.06. The zero-order chi connectivity index (χ0) is 14.9. The average Bonchev–Trinajstić information content (AvgIpc) is 2.47. The van der Waals surface area contributed by atoms with Crippen molar-refractivity contribution in [3.05, 3.63) is 65.3 Å². The number of aromatic nitrogens is 1. The minimum Gasteiger partial charge on any atom is -0.278 e. The number of nitrogens with zero attached hydrogens (tertiary/aromatic N) is 1. The van der Waals surface area contributed by atoms with Crippen LogP contribution in [0.15, 0.2) is 70.2 Å². The van der Waals surface area contributed by atoms with Crippen LogP contribution in [0.5, 0.6) is 0 Å². The van der Waals surface area contributed by atoms with Gasteiger partial charge >= 0.3 is 0 Å². The highest BCUT2D eigenvalue weighted by molar-refractivity contribution is 9.10. The van der Waals surface area contributed by atoms with E-state index in [0.717, 1.165) is 10.9 Å². The number of nitrogens with one attached hydrogen (secondary N) is 1. The van der Waals surface area contributed by atoms with Gasteiger partial charge in [0.05, 0.1) is 22.3 Å². The number of hydrogen-bond acceptors (Lipinski definition) is 3. The number of pyridine rings is 1. The van der Waals surface area contributed by atoms with E-state index in [-0.39, 0.29) is 4.90 Å². The number of fused-ring (bicyclic) bond motifs is 1. The van der Waals surface area contributed by atoms with Crippen molar-refractivity contribution in [2.24, 2.45) is 0 Å². The van der Waals surface area contributed by atoms with Gasteiger partial charge in [0.1, 0.15) is 0 Å². The SMILES string of the molecule is O=S(=O)(Nc1cnc2ccccc2c1)c1cccc(Br)c1. The highest BCUT2D eigenvalue weighted by Crippen LogP contribution is 2.21. The van der Waals surface area contributed by atoms with E-state index in [1.54, 1.807) is 30.3 Å². The molecule has 1 N–H and O–H groups in total. The highest BCUT2D eigenvalue weighted by atomic mass is 79.9. The molecule has 0 atom stereocenters. The Balaban J connectivity index is 1.97. The molecule has 0 amide bonds. The Labute approximate surface area is 131 Å². The summed E-state index contributed by atoms with van der Waals surface area (Å²) in [6.07, 6.45) is 1.51. The normalized spacial score (nSPS) is 11.5. The number of benzene rings is 2. The lowest BCUT2D eigenvalue weighted by Crippen LogP contribution is -2.13. The van der Waals surface area contributed by atoms with E-state index in [9.17, 15) is 8.42 Å². The van der Waals surface area contributed by atoms with Crippen LogP contribution >= 0.6 is 15.9 Å². The van der Waals surface area contributed by atoms with Crippen LogP contribution in [0.25, 0.3) is 10.9 Å². The van der Waals surface area contributed by atoms with Crippen LogP contribution in [0.1, 0.15) is 0 Å². The van der Waals surface area contributed by atoms with Crippen molar-refractivity contribution in [3.63, 3.8) is 0 Å². The maximum Gasteiger partial charge on any atom is 0.261 e. The molecule has 0 bridgehead atoms. The van der Waals surface area contributed by atoms with Crippen molar-refractivity contribution in [3.8, 4) is 0 Å². The first-order valence-corrected chi connectivity index (χ1v) is 8.45. The summed E-state index contributed by atoms with van der Waals surface area (Å²) in [5.74, 6) is 0. The molecule has 106 valence electrons. The van der Waals surface area contributed by atoms with Gasteiger partial charge in [0, 0.05) is 9.86 Å². The largest absolute Gasteiger partial charge is 0.278 e. The third-order valence-corrected chi connectivity index (χ3v) is 4.82. The molecule has 3 rings (SSSR count). The van der Waals surface area contributed by atoms with Gasteiger partial charge < -0.3 is 0 Å². The molecule has 0 radical (unpaired) electrons. The second-order valence-corrected chi connectivity index (χ2v) is 7.08. The van der Waals surface area contributed by atoms with Crippen molar-refractivity contribution < 1.29 is 8.42 Å². The number of halogens is 1. The Kier molecular flexibility index (Phi) is 3.65. The van der Waals surface area contributed by atoms with Gasteiger partial charge in [-0.05, 0) is 30.3 Å². The summed E-state index contributed by atoms with van der Waals surface area (Å²) in [6, 6.07) is 15.8. The molecule has 0 saturated heterocycles. The monoisotopic (exact) mass is 362 g/mol. The Bertz CT molecular complexity index is 910. The number of para-hydroxylation sites is 1. The maximum absolute atomic E-state index is 12.3. The van der Waals surface area contributed by atoms with Crippen LogP contribution < -0.4 is 4.72 Å². The average molecular weight is 363 g/mol. The molecule has 1 heterocycles. The maximum atomic E-state index is 12.3. The summed E-state index contributed by atoms with van der Waals surface area (Å²) in [4.78, 5) is 4.44. The van der Waals surface area contributed by atoms with Gasteiger partial charge in [-0.3, -0.25) is 9.71 Å². The molecule has 0 aliphatic rings.